The summed E-state index contributed by atoms with van der Waals surface area (Å²) in [7, 11) is 0. The van der Waals surface area contributed by atoms with Gasteiger partial charge in [-0.05, 0) is 50.6 Å². The summed E-state index contributed by atoms with van der Waals surface area (Å²) in [6.07, 6.45) is 0.620. The summed E-state index contributed by atoms with van der Waals surface area (Å²) >= 11 is 1.51. The van der Waals surface area contributed by atoms with Crippen LogP contribution in [0.15, 0.2) is 29.1 Å². The van der Waals surface area contributed by atoms with Gasteiger partial charge in [0, 0.05) is 23.4 Å². The maximum absolute atomic E-state index is 12.3. The Labute approximate surface area is 155 Å². The SMILES string of the molecule is CCOc1ccc(NC(=O)CCc2nc3sc(C)c(C)c3c(=O)[nH]2)cc1. The molecule has 1 amide bonds. The van der Waals surface area contributed by atoms with Crippen LogP contribution in [-0.2, 0) is 11.2 Å². The Morgan fingerprint density at radius 3 is 2.69 bits per heavy atom. The summed E-state index contributed by atoms with van der Waals surface area (Å²) < 4.78 is 5.37. The van der Waals surface area contributed by atoms with Crippen molar-refractivity contribution >= 4 is 33.1 Å². The van der Waals surface area contributed by atoms with E-state index in [9.17, 15) is 9.59 Å². The van der Waals surface area contributed by atoms with E-state index in [0.29, 0.717) is 29.9 Å². The number of carbonyl (C=O) groups is 1. The summed E-state index contributed by atoms with van der Waals surface area (Å²) in [6.45, 7) is 6.43. The number of fused-ring (bicyclic) bond motifs is 1. The number of carbonyl (C=O) groups excluding carboxylic acids is 1. The van der Waals surface area contributed by atoms with Gasteiger partial charge in [0.1, 0.15) is 16.4 Å². The number of thiophene rings is 1. The van der Waals surface area contributed by atoms with Crippen molar-refractivity contribution in [3.8, 4) is 5.75 Å². The molecule has 7 heteroatoms. The smallest absolute Gasteiger partial charge is 0.259 e. The topological polar surface area (TPSA) is 84.1 Å². The van der Waals surface area contributed by atoms with E-state index in [0.717, 1.165) is 21.0 Å². The van der Waals surface area contributed by atoms with Gasteiger partial charge in [-0.1, -0.05) is 0 Å². The quantitative estimate of drug-likeness (QED) is 0.694. The van der Waals surface area contributed by atoms with E-state index in [1.165, 1.54) is 11.3 Å². The summed E-state index contributed by atoms with van der Waals surface area (Å²) in [4.78, 5) is 33.5. The fourth-order valence-electron chi connectivity index (χ4n) is 2.67. The molecule has 1 aromatic carbocycles. The predicted octanol–water partition coefficient (Wildman–Crippen LogP) is 3.57. The number of anilines is 1. The Morgan fingerprint density at radius 1 is 1.27 bits per heavy atom. The molecule has 3 aromatic rings. The first kappa shape index (κ1) is 18.1. The van der Waals surface area contributed by atoms with E-state index in [1.54, 1.807) is 12.1 Å². The maximum Gasteiger partial charge on any atom is 0.259 e. The van der Waals surface area contributed by atoms with Gasteiger partial charge >= 0.3 is 0 Å². The molecule has 0 spiro atoms. The number of aromatic amines is 1. The molecule has 0 unspecified atom stereocenters. The Hall–Kier alpha value is -2.67. The van der Waals surface area contributed by atoms with E-state index in [1.807, 2.05) is 32.9 Å². The van der Waals surface area contributed by atoms with Gasteiger partial charge in [-0.15, -0.1) is 11.3 Å². The minimum atomic E-state index is -0.140. The van der Waals surface area contributed by atoms with Crippen molar-refractivity contribution in [3.05, 3.63) is 50.9 Å². The molecule has 0 aliphatic rings. The van der Waals surface area contributed by atoms with Crippen LogP contribution in [0.5, 0.6) is 5.75 Å². The number of aromatic nitrogens is 2. The van der Waals surface area contributed by atoms with Crippen LogP contribution < -0.4 is 15.6 Å². The van der Waals surface area contributed by atoms with Crippen LogP contribution in [0, 0.1) is 13.8 Å². The lowest BCUT2D eigenvalue weighted by Crippen LogP contribution is -2.16. The summed E-state index contributed by atoms with van der Waals surface area (Å²) in [5.74, 6) is 1.17. The molecular formula is C19H21N3O3S. The third-order valence-electron chi connectivity index (χ3n) is 4.13. The van der Waals surface area contributed by atoms with Crippen molar-refractivity contribution in [2.75, 3.05) is 11.9 Å². The first-order valence-electron chi connectivity index (χ1n) is 8.49. The number of aryl methyl sites for hydroxylation is 3. The standard InChI is InChI=1S/C19H21N3O3S/c1-4-25-14-7-5-13(6-8-14)20-16(23)10-9-15-21-18(24)17-11(2)12(3)26-19(17)22-15/h5-8H,4,9-10H2,1-3H3,(H,20,23)(H,21,22,24). The number of hydrogen-bond acceptors (Lipinski definition) is 5. The fraction of sp³-hybridized carbons (Fsp3) is 0.316. The van der Waals surface area contributed by atoms with E-state index in [-0.39, 0.29) is 17.9 Å². The molecule has 2 heterocycles. The van der Waals surface area contributed by atoms with E-state index in [4.69, 9.17) is 4.74 Å². The molecule has 6 nitrogen and oxygen atoms in total. The number of nitrogens with one attached hydrogen (secondary N) is 2. The van der Waals surface area contributed by atoms with Gasteiger partial charge in [-0.3, -0.25) is 9.59 Å². The van der Waals surface area contributed by atoms with Crippen molar-refractivity contribution in [3.63, 3.8) is 0 Å². The average molecular weight is 371 g/mol. The Kier molecular flexibility index (Phi) is 5.37. The van der Waals surface area contributed by atoms with Crippen LogP contribution in [0.3, 0.4) is 0 Å². The molecule has 0 saturated heterocycles. The first-order chi connectivity index (χ1) is 12.5. The third kappa shape index (κ3) is 3.94. The maximum atomic E-state index is 12.3. The number of rotatable bonds is 6. The molecule has 136 valence electrons. The largest absolute Gasteiger partial charge is 0.494 e. The van der Waals surface area contributed by atoms with Gasteiger partial charge in [0.25, 0.3) is 5.56 Å². The van der Waals surface area contributed by atoms with Crippen molar-refractivity contribution in [2.24, 2.45) is 0 Å². The normalized spacial score (nSPS) is 10.9. The molecule has 3 rings (SSSR count). The van der Waals surface area contributed by atoms with Crippen LogP contribution in [0.25, 0.3) is 10.2 Å². The summed E-state index contributed by atoms with van der Waals surface area (Å²) in [6, 6.07) is 7.22. The highest BCUT2D eigenvalue weighted by Gasteiger charge is 2.12. The van der Waals surface area contributed by atoms with Crippen molar-refractivity contribution in [1.82, 2.24) is 9.97 Å². The number of H-pyrrole nitrogens is 1. The predicted molar refractivity (Wildman–Crippen MR) is 104 cm³/mol. The number of hydrogen-bond donors (Lipinski definition) is 2. The van der Waals surface area contributed by atoms with Crippen molar-refractivity contribution in [1.29, 1.82) is 0 Å². The Bertz CT molecular complexity index is 990. The molecule has 0 fully saturated rings. The molecule has 0 saturated carbocycles. The minimum Gasteiger partial charge on any atom is -0.494 e. The lowest BCUT2D eigenvalue weighted by molar-refractivity contribution is -0.116. The highest BCUT2D eigenvalue weighted by molar-refractivity contribution is 7.18. The van der Waals surface area contributed by atoms with Crippen LogP contribution in [-0.4, -0.2) is 22.5 Å². The van der Waals surface area contributed by atoms with Gasteiger partial charge < -0.3 is 15.0 Å². The van der Waals surface area contributed by atoms with Gasteiger partial charge in [-0.25, -0.2) is 4.98 Å². The van der Waals surface area contributed by atoms with Gasteiger partial charge in [-0.2, -0.15) is 0 Å². The second kappa shape index (κ2) is 7.70. The minimum absolute atomic E-state index is 0.129. The van der Waals surface area contributed by atoms with Gasteiger partial charge in [0.2, 0.25) is 5.91 Å². The molecule has 2 aromatic heterocycles. The monoisotopic (exact) mass is 371 g/mol. The van der Waals surface area contributed by atoms with E-state index >= 15 is 0 Å². The van der Waals surface area contributed by atoms with Crippen LogP contribution in [0.4, 0.5) is 5.69 Å². The second-order valence-corrected chi connectivity index (χ2v) is 7.18. The van der Waals surface area contributed by atoms with Crippen molar-refractivity contribution in [2.45, 2.75) is 33.6 Å². The Morgan fingerprint density at radius 2 is 2.00 bits per heavy atom. The molecule has 0 atom stereocenters. The summed E-state index contributed by atoms with van der Waals surface area (Å²) in [5.41, 5.74) is 1.54. The van der Waals surface area contributed by atoms with Crippen LogP contribution >= 0.6 is 11.3 Å². The number of ether oxygens (including phenoxy) is 1. The number of benzene rings is 1. The number of amides is 1. The molecule has 26 heavy (non-hydrogen) atoms. The van der Waals surface area contributed by atoms with Gasteiger partial charge in [0.15, 0.2) is 0 Å². The lowest BCUT2D eigenvalue weighted by Gasteiger charge is -2.07. The van der Waals surface area contributed by atoms with E-state index < -0.39 is 0 Å². The highest BCUT2D eigenvalue weighted by atomic mass is 32.1. The first-order valence-corrected chi connectivity index (χ1v) is 9.31. The van der Waals surface area contributed by atoms with Crippen molar-refractivity contribution < 1.29 is 9.53 Å². The second-order valence-electron chi connectivity index (χ2n) is 5.98. The van der Waals surface area contributed by atoms with E-state index in [2.05, 4.69) is 15.3 Å². The van der Waals surface area contributed by atoms with Crippen LogP contribution in [0.2, 0.25) is 0 Å². The lowest BCUT2D eigenvalue weighted by atomic mass is 10.2. The molecule has 0 aliphatic carbocycles. The summed E-state index contributed by atoms with van der Waals surface area (Å²) in [5, 5.41) is 3.48. The average Bonchev–Trinajstić information content (AvgIpc) is 2.90. The molecular weight excluding hydrogens is 350 g/mol. The third-order valence-corrected chi connectivity index (χ3v) is 5.23. The zero-order valence-electron chi connectivity index (χ0n) is 15.0. The fourth-order valence-corrected chi connectivity index (χ4v) is 3.72. The number of nitrogens with zero attached hydrogens (tertiary/aromatic N) is 1. The molecule has 0 radical (unpaired) electrons. The van der Waals surface area contributed by atoms with Crippen LogP contribution in [0.1, 0.15) is 29.6 Å². The zero-order valence-corrected chi connectivity index (χ0v) is 15.8. The Balaban J connectivity index is 1.64. The molecule has 2 N–H and O–H groups in total. The molecule has 0 bridgehead atoms. The highest BCUT2D eigenvalue weighted by Crippen LogP contribution is 2.25. The van der Waals surface area contributed by atoms with Gasteiger partial charge in [0.05, 0.1) is 12.0 Å². The zero-order chi connectivity index (χ0) is 18.7. The molecule has 0 aliphatic heterocycles.